The number of halogens is 1. The number of amides is 1. The zero-order chi connectivity index (χ0) is 19.8. The Morgan fingerprint density at radius 1 is 1.10 bits per heavy atom. The smallest absolute Gasteiger partial charge is 0.220 e. The summed E-state index contributed by atoms with van der Waals surface area (Å²) in [5.41, 5.74) is 1.26. The van der Waals surface area contributed by atoms with Crippen molar-refractivity contribution in [2.24, 2.45) is 5.92 Å². The van der Waals surface area contributed by atoms with Crippen molar-refractivity contribution in [1.29, 1.82) is 0 Å². The Kier molecular flexibility index (Phi) is 9.57. The molecule has 1 aromatic rings. The number of carbonyl (C=O) groups excluding carboxylic acids is 1. The number of hydrogen-bond acceptors (Lipinski definition) is 4. The second kappa shape index (κ2) is 11.7. The molecule has 164 valence electrons. The van der Waals surface area contributed by atoms with Gasteiger partial charge in [0.2, 0.25) is 5.91 Å². The van der Waals surface area contributed by atoms with Crippen molar-refractivity contribution in [3.63, 3.8) is 0 Å². The van der Waals surface area contributed by atoms with E-state index < -0.39 is 0 Å². The first-order valence-electron chi connectivity index (χ1n) is 10.9. The van der Waals surface area contributed by atoms with Crippen LogP contribution in [0.15, 0.2) is 18.2 Å². The molecule has 1 saturated heterocycles. The molecule has 1 heterocycles. The van der Waals surface area contributed by atoms with Crippen LogP contribution in [0, 0.1) is 5.92 Å². The van der Waals surface area contributed by atoms with Gasteiger partial charge in [0.05, 0.1) is 14.2 Å². The molecule has 0 radical (unpaired) electrons. The van der Waals surface area contributed by atoms with E-state index in [1.165, 1.54) is 37.7 Å². The summed E-state index contributed by atoms with van der Waals surface area (Å²) in [6, 6.07) is 6.24. The molecular formula is C23H37ClN2O3. The molecule has 29 heavy (non-hydrogen) atoms. The Labute approximate surface area is 181 Å². The van der Waals surface area contributed by atoms with Gasteiger partial charge in [-0.25, -0.2) is 0 Å². The zero-order valence-electron chi connectivity index (χ0n) is 17.9. The largest absolute Gasteiger partial charge is 0.493 e. The highest BCUT2D eigenvalue weighted by atomic mass is 35.5. The number of carbonyl (C=O) groups is 1. The summed E-state index contributed by atoms with van der Waals surface area (Å²) in [6.45, 7) is 2.90. The Balaban J connectivity index is 0.00000300. The van der Waals surface area contributed by atoms with Crippen LogP contribution in [0.3, 0.4) is 0 Å². The van der Waals surface area contributed by atoms with Gasteiger partial charge in [0.25, 0.3) is 0 Å². The lowest BCUT2D eigenvalue weighted by Gasteiger charge is -2.38. The van der Waals surface area contributed by atoms with Gasteiger partial charge < -0.3 is 20.1 Å². The van der Waals surface area contributed by atoms with E-state index in [0.29, 0.717) is 18.9 Å². The topological polar surface area (TPSA) is 59.6 Å². The molecule has 1 aliphatic heterocycles. The maximum absolute atomic E-state index is 12.6. The molecular weight excluding hydrogens is 388 g/mol. The minimum absolute atomic E-state index is 0. The quantitative estimate of drug-likeness (QED) is 0.655. The first kappa shape index (κ1) is 23.8. The molecule has 1 aromatic carbocycles. The first-order valence-corrected chi connectivity index (χ1v) is 10.9. The minimum Gasteiger partial charge on any atom is -0.493 e. The third-order valence-electron chi connectivity index (χ3n) is 6.67. The second-order valence-corrected chi connectivity index (χ2v) is 8.42. The fourth-order valence-corrected chi connectivity index (χ4v) is 4.82. The lowest BCUT2D eigenvalue weighted by Crippen LogP contribution is -2.42. The van der Waals surface area contributed by atoms with Crippen molar-refractivity contribution in [2.45, 2.75) is 63.2 Å². The van der Waals surface area contributed by atoms with Crippen molar-refractivity contribution in [3.05, 3.63) is 23.8 Å². The van der Waals surface area contributed by atoms with Crippen LogP contribution in [0.1, 0.15) is 63.4 Å². The maximum atomic E-state index is 12.6. The molecule has 3 rings (SSSR count). The highest BCUT2D eigenvalue weighted by Crippen LogP contribution is 2.42. The van der Waals surface area contributed by atoms with Crippen LogP contribution in [0.25, 0.3) is 0 Å². The van der Waals surface area contributed by atoms with Gasteiger partial charge in [-0.2, -0.15) is 0 Å². The van der Waals surface area contributed by atoms with Crippen molar-refractivity contribution in [2.75, 3.05) is 33.9 Å². The molecule has 5 nitrogen and oxygen atoms in total. The average molecular weight is 425 g/mol. The number of hydrogen-bond donors (Lipinski definition) is 2. The minimum atomic E-state index is 0. The van der Waals surface area contributed by atoms with Gasteiger partial charge in [-0.3, -0.25) is 4.79 Å². The monoisotopic (exact) mass is 424 g/mol. The average Bonchev–Trinajstić information content (AvgIpc) is 2.77. The van der Waals surface area contributed by atoms with E-state index in [0.717, 1.165) is 43.9 Å². The fraction of sp³-hybridized carbons (Fsp3) is 0.696. The molecule has 0 bridgehead atoms. The highest BCUT2D eigenvalue weighted by molar-refractivity contribution is 5.85. The molecule has 0 aromatic heterocycles. The first-order chi connectivity index (χ1) is 13.7. The van der Waals surface area contributed by atoms with Gasteiger partial charge >= 0.3 is 0 Å². The molecule has 1 amide bonds. The number of piperidine rings is 1. The molecule has 1 saturated carbocycles. The van der Waals surface area contributed by atoms with Crippen molar-refractivity contribution in [3.8, 4) is 11.5 Å². The number of methoxy groups -OCH3 is 2. The fourth-order valence-electron chi connectivity index (χ4n) is 4.82. The molecule has 0 spiro atoms. The molecule has 0 atom stereocenters. The summed E-state index contributed by atoms with van der Waals surface area (Å²) in [4.78, 5) is 12.6. The van der Waals surface area contributed by atoms with Crippen LogP contribution in [-0.4, -0.2) is 39.8 Å². The van der Waals surface area contributed by atoms with Crippen LogP contribution >= 0.6 is 12.4 Å². The molecule has 6 heteroatoms. The van der Waals surface area contributed by atoms with Gasteiger partial charge in [-0.15, -0.1) is 12.4 Å². The number of benzene rings is 1. The van der Waals surface area contributed by atoms with E-state index in [2.05, 4.69) is 22.8 Å². The summed E-state index contributed by atoms with van der Waals surface area (Å²) in [5, 5.41) is 6.66. The van der Waals surface area contributed by atoms with E-state index >= 15 is 0 Å². The van der Waals surface area contributed by atoms with Crippen molar-refractivity contribution >= 4 is 18.3 Å². The van der Waals surface area contributed by atoms with Crippen molar-refractivity contribution in [1.82, 2.24) is 10.6 Å². The number of nitrogens with one attached hydrogen (secondary N) is 2. The van der Waals surface area contributed by atoms with E-state index in [9.17, 15) is 4.79 Å². The third kappa shape index (κ3) is 6.26. The molecule has 2 fully saturated rings. The highest BCUT2D eigenvalue weighted by Gasteiger charge is 2.35. The van der Waals surface area contributed by atoms with Crippen LogP contribution in [0.4, 0.5) is 0 Å². The van der Waals surface area contributed by atoms with E-state index in [-0.39, 0.29) is 23.7 Å². The third-order valence-corrected chi connectivity index (χ3v) is 6.67. The van der Waals surface area contributed by atoms with Gasteiger partial charge in [0.1, 0.15) is 0 Å². The molecule has 2 N–H and O–H groups in total. The van der Waals surface area contributed by atoms with Crippen LogP contribution in [-0.2, 0) is 10.2 Å². The predicted molar refractivity (Wildman–Crippen MR) is 119 cm³/mol. The van der Waals surface area contributed by atoms with Gasteiger partial charge in [-0.1, -0.05) is 25.3 Å². The Bertz CT molecular complexity index is 641. The van der Waals surface area contributed by atoms with Crippen LogP contribution in [0.5, 0.6) is 11.5 Å². The van der Waals surface area contributed by atoms with Crippen LogP contribution in [0.2, 0.25) is 0 Å². The lowest BCUT2D eigenvalue weighted by atomic mass is 9.69. The van der Waals surface area contributed by atoms with E-state index in [4.69, 9.17) is 9.47 Å². The molecule has 2 aliphatic rings. The normalized spacial score (nSPS) is 19.1. The van der Waals surface area contributed by atoms with E-state index in [1.807, 2.05) is 6.07 Å². The van der Waals surface area contributed by atoms with Crippen LogP contribution < -0.4 is 20.1 Å². The lowest BCUT2D eigenvalue weighted by molar-refractivity contribution is -0.121. The maximum Gasteiger partial charge on any atom is 0.220 e. The summed E-state index contributed by atoms with van der Waals surface area (Å²) in [7, 11) is 3.34. The predicted octanol–water partition coefficient (Wildman–Crippen LogP) is 4.22. The summed E-state index contributed by atoms with van der Waals surface area (Å²) >= 11 is 0. The van der Waals surface area contributed by atoms with Crippen molar-refractivity contribution < 1.29 is 14.3 Å². The van der Waals surface area contributed by atoms with Gasteiger partial charge in [0, 0.05) is 18.4 Å². The number of rotatable bonds is 8. The Morgan fingerprint density at radius 2 is 1.79 bits per heavy atom. The zero-order valence-corrected chi connectivity index (χ0v) is 18.7. The standard InChI is InChI=1S/C23H36N2O3.ClH/c1-27-20-8-7-19(16-21(20)28-2)23(12-4-3-5-13-23)17-25-22(26)9-6-18-10-14-24-15-11-18;/h7-8,16,18,24H,3-6,9-15,17H2,1-2H3,(H,25,26);1H. The molecule has 1 aliphatic carbocycles. The molecule has 0 unspecified atom stereocenters. The SMILES string of the molecule is COc1ccc(C2(CNC(=O)CCC3CCNCC3)CCCCC2)cc1OC.Cl. The second-order valence-electron chi connectivity index (χ2n) is 8.42. The Hall–Kier alpha value is -1.46. The summed E-state index contributed by atoms with van der Waals surface area (Å²) in [6.07, 6.45) is 9.96. The summed E-state index contributed by atoms with van der Waals surface area (Å²) < 4.78 is 10.9. The summed E-state index contributed by atoms with van der Waals surface area (Å²) in [5.74, 6) is 2.41. The van der Waals surface area contributed by atoms with Gasteiger partial charge in [0.15, 0.2) is 11.5 Å². The number of ether oxygens (including phenoxy) is 2. The van der Waals surface area contributed by atoms with E-state index in [1.54, 1.807) is 14.2 Å². The van der Waals surface area contributed by atoms with Gasteiger partial charge in [-0.05, 0) is 68.8 Å². The Morgan fingerprint density at radius 3 is 2.45 bits per heavy atom.